The van der Waals surface area contributed by atoms with Crippen molar-refractivity contribution in [1.82, 2.24) is 20.1 Å². The standard InChI is InChI=1S/C22H35N5O3S2/c1-4-23-19(29)14-31-20-13-24-21(32-20)25-22(30)27(17-7-5-15(2)6-8-17)18-9-11-26(12-10-18)16(3)28/h13,15,17-18H,4-12,14H2,1-3H3,(H,23,29)(H,24,25,30). The molecule has 2 heterocycles. The molecule has 0 unspecified atom stereocenters. The summed E-state index contributed by atoms with van der Waals surface area (Å²) in [4.78, 5) is 45.1. The normalized spacial score (nSPS) is 21.8. The van der Waals surface area contributed by atoms with Gasteiger partial charge in [-0.1, -0.05) is 18.3 Å². The second-order valence-corrected chi connectivity index (χ2v) is 11.0. The first kappa shape index (κ1) is 24.8. The van der Waals surface area contributed by atoms with Crippen molar-refractivity contribution >= 4 is 46.1 Å². The summed E-state index contributed by atoms with van der Waals surface area (Å²) in [5.74, 6) is 1.14. The van der Waals surface area contributed by atoms with E-state index in [2.05, 4.69) is 22.5 Å². The molecule has 0 bridgehead atoms. The van der Waals surface area contributed by atoms with Gasteiger partial charge in [-0.25, -0.2) is 9.78 Å². The van der Waals surface area contributed by atoms with Gasteiger partial charge in [-0.2, -0.15) is 0 Å². The monoisotopic (exact) mass is 481 g/mol. The lowest BCUT2D eigenvalue weighted by molar-refractivity contribution is -0.130. The molecule has 1 aliphatic heterocycles. The van der Waals surface area contributed by atoms with Crippen LogP contribution < -0.4 is 10.6 Å². The van der Waals surface area contributed by atoms with Crippen molar-refractivity contribution < 1.29 is 14.4 Å². The summed E-state index contributed by atoms with van der Waals surface area (Å²) in [6.45, 7) is 7.80. The fraction of sp³-hybridized carbons (Fsp3) is 0.727. The van der Waals surface area contributed by atoms with Gasteiger partial charge in [-0.15, -0.1) is 11.8 Å². The molecule has 0 atom stereocenters. The number of thiazole rings is 1. The van der Waals surface area contributed by atoms with E-state index in [4.69, 9.17) is 0 Å². The number of nitrogens with zero attached hydrogens (tertiary/aromatic N) is 3. The largest absolute Gasteiger partial charge is 0.356 e. The van der Waals surface area contributed by atoms with Gasteiger partial charge in [0.05, 0.1) is 16.2 Å². The molecule has 3 rings (SSSR count). The lowest BCUT2D eigenvalue weighted by Crippen LogP contribution is -2.54. The summed E-state index contributed by atoms with van der Waals surface area (Å²) in [5, 5.41) is 6.35. The van der Waals surface area contributed by atoms with Crippen molar-refractivity contribution in [2.45, 2.75) is 75.6 Å². The van der Waals surface area contributed by atoms with E-state index in [-0.39, 0.29) is 29.9 Å². The third-order valence-electron chi connectivity index (χ3n) is 6.33. The van der Waals surface area contributed by atoms with E-state index >= 15 is 0 Å². The zero-order valence-electron chi connectivity index (χ0n) is 19.3. The SMILES string of the molecule is CCNC(=O)CSc1cnc(NC(=O)N(C2CCC(C)CC2)C2CCN(C(C)=O)CC2)s1. The average Bonchev–Trinajstić information content (AvgIpc) is 3.21. The molecule has 2 fully saturated rings. The molecule has 10 heteroatoms. The maximum absolute atomic E-state index is 13.4. The number of nitrogens with one attached hydrogen (secondary N) is 2. The van der Waals surface area contributed by atoms with Gasteiger partial charge in [0.2, 0.25) is 11.8 Å². The van der Waals surface area contributed by atoms with E-state index in [0.717, 1.165) is 42.7 Å². The highest BCUT2D eigenvalue weighted by molar-refractivity contribution is 8.01. The van der Waals surface area contributed by atoms with E-state index in [1.165, 1.54) is 23.1 Å². The van der Waals surface area contributed by atoms with Crippen LogP contribution in [0.2, 0.25) is 0 Å². The number of urea groups is 1. The molecule has 1 aromatic rings. The number of carbonyl (C=O) groups excluding carboxylic acids is 3. The van der Waals surface area contributed by atoms with Gasteiger partial charge in [0.15, 0.2) is 5.13 Å². The summed E-state index contributed by atoms with van der Waals surface area (Å²) in [5.41, 5.74) is 0. The molecule has 2 N–H and O–H groups in total. The summed E-state index contributed by atoms with van der Waals surface area (Å²) >= 11 is 2.82. The third-order valence-corrected chi connectivity index (χ3v) is 8.44. The van der Waals surface area contributed by atoms with Crippen LogP contribution in [0.25, 0.3) is 0 Å². The van der Waals surface area contributed by atoms with Gasteiger partial charge < -0.3 is 15.1 Å². The van der Waals surface area contributed by atoms with Crippen molar-refractivity contribution in [3.63, 3.8) is 0 Å². The number of hydrogen-bond acceptors (Lipinski definition) is 6. The molecule has 0 spiro atoms. The summed E-state index contributed by atoms with van der Waals surface area (Å²) in [7, 11) is 0. The number of rotatable bonds is 7. The highest BCUT2D eigenvalue weighted by atomic mass is 32.2. The summed E-state index contributed by atoms with van der Waals surface area (Å²) in [6.07, 6.45) is 7.65. The Labute approximate surface area is 198 Å². The third kappa shape index (κ3) is 6.84. The van der Waals surface area contributed by atoms with Crippen molar-refractivity contribution in [3.05, 3.63) is 6.20 Å². The molecule has 1 saturated carbocycles. The van der Waals surface area contributed by atoms with Crippen LogP contribution in [0, 0.1) is 5.92 Å². The summed E-state index contributed by atoms with van der Waals surface area (Å²) < 4.78 is 0.902. The summed E-state index contributed by atoms with van der Waals surface area (Å²) in [6, 6.07) is 0.266. The van der Waals surface area contributed by atoms with Crippen LogP contribution in [0.5, 0.6) is 0 Å². The number of anilines is 1. The number of thioether (sulfide) groups is 1. The molecule has 1 aliphatic carbocycles. The Kier molecular flexibility index (Phi) is 9.22. The topological polar surface area (TPSA) is 94.6 Å². The molecule has 0 aromatic carbocycles. The van der Waals surface area contributed by atoms with Crippen molar-refractivity contribution in [3.8, 4) is 0 Å². The first-order chi connectivity index (χ1) is 15.4. The molecule has 178 valence electrons. The molecular weight excluding hydrogens is 446 g/mol. The average molecular weight is 482 g/mol. The minimum absolute atomic E-state index is 0.00825. The van der Waals surface area contributed by atoms with E-state index < -0.39 is 0 Å². The van der Waals surface area contributed by atoms with Gasteiger partial charge in [0, 0.05) is 38.6 Å². The quantitative estimate of drug-likeness (QED) is 0.578. The Bertz CT molecular complexity index is 786. The van der Waals surface area contributed by atoms with Crippen molar-refractivity contribution in [2.24, 2.45) is 5.92 Å². The molecular formula is C22H35N5O3S2. The van der Waals surface area contributed by atoms with Crippen LogP contribution in [0.15, 0.2) is 10.4 Å². The fourth-order valence-corrected chi connectivity index (χ4v) is 6.23. The number of aromatic nitrogens is 1. The zero-order valence-corrected chi connectivity index (χ0v) is 20.9. The van der Waals surface area contributed by atoms with E-state index in [1.54, 1.807) is 13.1 Å². The van der Waals surface area contributed by atoms with E-state index in [1.807, 2.05) is 16.7 Å². The number of likely N-dealkylation sites (tertiary alicyclic amines) is 1. The molecule has 1 aromatic heterocycles. The molecule has 4 amide bonds. The molecule has 32 heavy (non-hydrogen) atoms. The smallest absolute Gasteiger partial charge is 0.324 e. The lowest BCUT2D eigenvalue weighted by Gasteiger charge is -2.44. The highest BCUT2D eigenvalue weighted by Gasteiger charge is 2.35. The first-order valence-electron chi connectivity index (χ1n) is 11.6. The number of amides is 4. The van der Waals surface area contributed by atoms with Crippen LogP contribution in [-0.4, -0.2) is 70.1 Å². The van der Waals surface area contributed by atoms with Crippen LogP contribution in [0.3, 0.4) is 0 Å². The van der Waals surface area contributed by atoms with Gasteiger partial charge >= 0.3 is 6.03 Å². The predicted octanol–water partition coefficient (Wildman–Crippen LogP) is 3.79. The molecule has 1 saturated heterocycles. The van der Waals surface area contributed by atoms with Gasteiger partial charge in [0.1, 0.15) is 0 Å². The Balaban J connectivity index is 1.63. The Morgan fingerprint density at radius 3 is 2.44 bits per heavy atom. The highest BCUT2D eigenvalue weighted by Crippen LogP contribution is 2.32. The molecule has 2 aliphatic rings. The number of carbonyl (C=O) groups is 3. The van der Waals surface area contributed by atoms with Gasteiger partial charge in [0.25, 0.3) is 0 Å². The second-order valence-electron chi connectivity index (χ2n) is 8.71. The van der Waals surface area contributed by atoms with Crippen LogP contribution >= 0.6 is 23.1 Å². The molecule has 8 nitrogen and oxygen atoms in total. The van der Waals surface area contributed by atoms with Gasteiger partial charge in [-0.05, 0) is 51.4 Å². The van der Waals surface area contributed by atoms with E-state index in [0.29, 0.717) is 36.4 Å². The van der Waals surface area contributed by atoms with Crippen LogP contribution in [0.4, 0.5) is 9.93 Å². The van der Waals surface area contributed by atoms with Crippen molar-refractivity contribution in [2.75, 3.05) is 30.7 Å². The zero-order chi connectivity index (χ0) is 23.1. The Morgan fingerprint density at radius 1 is 1.16 bits per heavy atom. The van der Waals surface area contributed by atoms with Crippen molar-refractivity contribution in [1.29, 1.82) is 0 Å². The van der Waals surface area contributed by atoms with Gasteiger partial charge in [-0.3, -0.25) is 14.9 Å². The maximum atomic E-state index is 13.4. The molecule has 0 radical (unpaired) electrons. The maximum Gasteiger partial charge on any atom is 0.324 e. The Morgan fingerprint density at radius 2 is 1.81 bits per heavy atom. The minimum atomic E-state index is -0.0968. The Hall–Kier alpha value is -1.81. The number of piperidine rings is 1. The van der Waals surface area contributed by atoms with Crippen LogP contribution in [-0.2, 0) is 9.59 Å². The predicted molar refractivity (Wildman–Crippen MR) is 129 cm³/mol. The first-order valence-corrected chi connectivity index (χ1v) is 13.4. The van der Waals surface area contributed by atoms with E-state index in [9.17, 15) is 14.4 Å². The minimum Gasteiger partial charge on any atom is -0.356 e. The fourth-order valence-electron chi connectivity index (χ4n) is 4.53. The lowest BCUT2D eigenvalue weighted by atomic mass is 9.85. The second kappa shape index (κ2) is 11.9. The number of hydrogen-bond donors (Lipinski definition) is 2. The van der Waals surface area contributed by atoms with Crippen LogP contribution in [0.1, 0.15) is 59.3 Å².